The van der Waals surface area contributed by atoms with Gasteiger partial charge in [0.25, 0.3) is 0 Å². The van der Waals surface area contributed by atoms with Crippen LogP contribution in [0, 0.1) is 0 Å². The average Bonchev–Trinajstić information content (AvgIpc) is 2.73. The summed E-state index contributed by atoms with van der Waals surface area (Å²) in [7, 11) is 0. The maximum absolute atomic E-state index is 12.0. The highest BCUT2D eigenvalue weighted by Crippen LogP contribution is 2.11. The Morgan fingerprint density at radius 3 is 2.81 bits per heavy atom. The van der Waals surface area contributed by atoms with E-state index < -0.39 is 0 Å². The van der Waals surface area contributed by atoms with Crippen LogP contribution in [0.25, 0.3) is 11.0 Å². The van der Waals surface area contributed by atoms with Gasteiger partial charge in [0.1, 0.15) is 0 Å². The Morgan fingerprint density at radius 2 is 2.10 bits per heavy atom. The molecule has 0 atom stereocenters. The van der Waals surface area contributed by atoms with Crippen LogP contribution in [-0.4, -0.2) is 46.7 Å². The van der Waals surface area contributed by atoms with Gasteiger partial charge in [0.15, 0.2) is 0 Å². The fourth-order valence-electron chi connectivity index (χ4n) is 3.06. The van der Waals surface area contributed by atoms with Gasteiger partial charge < -0.3 is 10.3 Å². The van der Waals surface area contributed by atoms with E-state index in [-0.39, 0.29) is 5.69 Å². The lowest BCUT2D eigenvalue weighted by atomic mass is 10.1. The Morgan fingerprint density at radius 1 is 1.29 bits per heavy atom. The number of hydrogen-bond acceptors (Lipinski definition) is 3. The Balaban J connectivity index is 1.63. The van der Waals surface area contributed by atoms with Crippen LogP contribution in [0.3, 0.4) is 0 Å². The molecule has 0 amide bonds. The molecular formula is C16H24N4O. The number of imidazole rings is 1. The van der Waals surface area contributed by atoms with Crippen molar-refractivity contribution in [3.05, 3.63) is 34.7 Å². The van der Waals surface area contributed by atoms with Crippen LogP contribution in [0.2, 0.25) is 0 Å². The van der Waals surface area contributed by atoms with Crippen LogP contribution in [0.5, 0.6) is 0 Å². The first kappa shape index (κ1) is 14.4. The molecule has 1 aromatic carbocycles. The Bertz CT molecular complexity index is 641. The van der Waals surface area contributed by atoms with Gasteiger partial charge in [-0.2, -0.15) is 0 Å². The first-order valence-electron chi connectivity index (χ1n) is 7.92. The number of para-hydroxylation sites is 2. The number of benzene rings is 1. The van der Waals surface area contributed by atoms with Crippen molar-refractivity contribution < 1.29 is 0 Å². The predicted molar refractivity (Wildman–Crippen MR) is 85.7 cm³/mol. The minimum atomic E-state index is 0.00329. The molecule has 21 heavy (non-hydrogen) atoms. The molecule has 1 fully saturated rings. The first-order valence-corrected chi connectivity index (χ1v) is 7.92. The van der Waals surface area contributed by atoms with Gasteiger partial charge in [-0.05, 0) is 31.5 Å². The van der Waals surface area contributed by atoms with Crippen molar-refractivity contribution in [2.45, 2.75) is 32.4 Å². The molecule has 0 aliphatic carbocycles. The zero-order valence-electron chi connectivity index (χ0n) is 12.6. The van der Waals surface area contributed by atoms with Gasteiger partial charge in [0, 0.05) is 32.2 Å². The number of aromatic nitrogens is 2. The molecule has 2 N–H and O–H groups in total. The number of aromatic amines is 1. The molecule has 3 rings (SSSR count). The highest BCUT2D eigenvalue weighted by Gasteiger charge is 2.23. The number of fused-ring (bicyclic) bond motifs is 1. The summed E-state index contributed by atoms with van der Waals surface area (Å²) in [6.07, 6.45) is 2.20. The van der Waals surface area contributed by atoms with E-state index in [1.807, 2.05) is 28.8 Å². The minimum absolute atomic E-state index is 0.00329. The molecule has 1 aliphatic heterocycles. The van der Waals surface area contributed by atoms with Gasteiger partial charge in [-0.1, -0.05) is 19.1 Å². The largest absolute Gasteiger partial charge is 0.326 e. The van der Waals surface area contributed by atoms with Crippen molar-refractivity contribution in [3.8, 4) is 0 Å². The smallest absolute Gasteiger partial charge is 0.314 e. The summed E-state index contributed by atoms with van der Waals surface area (Å²) < 4.78 is 1.86. The molecule has 5 nitrogen and oxygen atoms in total. The monoisotopic (exact) mass is 288 g/mol. The SMILES string of the molecule is CCCN(CCCn1c(=O)[nH]c2ccccc21)C1CNC1. The van der Waals surface area contributed by atoms with Crippen LogP contribution in [0.1, 0.15) is 19.8 Å². The summed E-state index contributed by atoms with van der Waals surface area (Å²) in [5.41, 5.74) is 1.94. The zero-order chi connectivity index (χ0) is 14.7. The molecule has 0 radical (unpaired) electrons. The van der Waals surface area contributed by atoms with Crippen molar-refractivity contribution in [1.29, 1.82) is 0 Å². The molecule has 5 heteroatoms. The van der Waals surface area contributed by atoms with Gasteiger partial charge in [-0.3, -0.25) is 9.47 Å². The molecule has 2 heterocycles. The van der Waals surface area contributed by atoms with E-state index in [0.29, 0.717) is 6.04 Å². The Hall–Kier alpha value is -1.59. The van der Waals surface area contributed by atoms with Crippen LogP contribution < -0.4 is 11.0 Å². The van der Waals surface area contributed by atoms with Crippen LogP contribution >= 0.6 is 0 Å². The first-order chi connectivity index (χ1) is 10.3. The molecule has 0 unspecified atom stereocenters. The standard InChI is InChI=1S/C16H24N4O/c1-2-8-19(13-11-17-12-13)9-5-10-20-15-7-4-3-6-14(15)18-16(20)21/h3-4,6-7,13,17H,2,5,8-12H2,1H3,(H,18,21). The molecule has 114 valence electrons. The van der Waals surface area contributed by atoms with Crippen molar-refractivity contribution in [2.24, 2.45) is 0 Å². The van der Waals surface area contributed by atoms with E-state index in [9.17, 15) is 4.79 Å². The fourth-order valence-corrected chi connectivity index (χ4v) is 3.06. The summed E-state index contributed by atoms with van der Waals surface area (Å²) in [6.45, 7) is 7.42. The zero-order valence-corrected chi connectivity index (χ0v) is 12.6. The van der Waals surface area contributed by atoms with Crippen molar-refractivity contribution in [3.63, 3.8) is 0 Å². The Labute approximate surface area is 125 Å². The topological polar surface area (TPSA) is 53.1 Å². The average molecular weight is 288 g/mol. The third-order valence-electron chi connectivity index (χ3n) is 4.30. The summed E-state index contributed by atoms with van der Waals surface area (Å²) in [4.78, 5) is 17.5. The van der Waals surface area contributed by atoms with E-state index in [1.165, 1.54) is 6.42 Å². The lowest BCUT2D eigenvalue weighted by Gasteiger charge is -2.38. The van der Waals surface area contributed by atoms with Crippen molar-refractivity contribution in [1.82, 2.24) is 19.8 Å². The molecule has 0 saturated carbocycles. The second-order valence-electron chi connectivity index (χ2n) is 5.80. The molecule has 0 spiro atoms. The highest BCUT2D eigenvalue weighted by atomic mass is 16.1. The van der Waals surface area contributed by atoms with Gasteiger partial charge in [0.05, 0.1) is 11.0 Å². The van der Waals surface area contributed by atoms with Gasteiger partial charge in [0.2, 0.25) is 0 Å². The highest BCUT2D eigenvalue weighted by molar-refractivity contribution is 5.74. The second-order valence-corrected chi connectivity index (χ2v) is 5.80. The van der Waals surface area contributed by atoms with Gasteiger partial charge >= 0.3 is 5.69 Å². The summed E-state index contributed by atoms with van der Waals surface area (Å²) in [5.74, 6) is 0. The number of nitrogens with zero attached hydrogens (tertiary/aromatic N) is 2. The molecule has 2 aromatic rings. The lowest BCUT2D eigenvalue weighted by Crippen LogP contribution is -2.57. The van der Waals surface area contributed by atoms with Crippen molar-refractivity contribution in [2.75, 3.05) is 26.2 Å². The van der Waals surface area contributed by atoms with E-state index in [0.717, 1.165) is 50.2 Å². The van der Waals surface area contributed by atoms with Crippen molar-refractivity contribution >= 4 is 11.0 Å². The second kappa shape index (κ2) is 6.45. The fraction of sp³-hybridized carbons (Fsp3) is 0.562. The molecule has 0 bridgehead atoms. The number of nitrogens with one attached hydrogen (secondary N) is 2. The van der Waals surface area contributed by atoms with Crippen LogP contribution in [0.4, 0.5) is 0 Å². The Kier molecular flexibility index (Phi) is 4.41. The van der Waals surface area contributed by atoms with Crippen LogP contribution in [0.15, 0.2) is 29.1 Å². The molecule has 1 aromatic heterocycles. The van der Waals surface area contributed by atoms with Gasteiger partial charge in [-0.25, -0.2) is 4.79 Å². The quantitative estimate of drug-likeness (QED) is 0.810. The lowest BCUT2D eigenvalue weighted by molar-refractivity contribution is 0.142. The maximum Gasteiger partial charge on any atom is 0.326 e. The minimum Gasteiger partial charge on any atom is -0.314 e. The molecular weight excluding hydrogens is 264 g/mol. The van der Waals surface area contributed by atoms with E-state index in [4.69, 9.17) is 0 Å². The van der Waals surface area contributed by atoms with E-state index in [1.54, 1.807) is 0 Å². The number of hydrogen-bond donors (Lipinski definition) is 2. The number of aryl methyl sites for hydroxylation is 1. The summed E-state index contributed by atoms with van der Waals surface area (Å²) >= 11 is 0. The van der Waals surface area contributed by atoms with Gasteiger partial charge in [-0.15, -0.1) is 0 Å². The summed E-state index contributed by atoms with van der Waals surface area (Å²) in [6, 6.07) is 8.58. The summed E-state index contributed by atoms with van der Waals surface area (Å²) in [5, 5.41) is 3.34. The normalized spacial score (nSPS) is 15.7. The predicted octanol–water partition coefficient (Wildman–Crippen LogP) is 1.40. The molecule has 1 saturated heterocycles. The maximum atomic E-state index is 12.0. The number of rotatable bonds is 7. The van der Waals surface area contributed by atoms with E-state index in [2.05, 4.69) is 22.1 Å². The number of H-pyrrole nitrogens is 1. The third kappa shape index (κ3) is 3.04. The van der Waals surface area contributed by atoms with E-state index >= 15 is 0 Å². The van der Waals surface area contributed by atoms with Crippen LogP contribution in [-0.2, 0) is 6.54 Å². The molecule has 1 aliphatic rings. The third-order valence-corrected chi connectivity index (χ3v) is 4.30.